The van der Waals surface area contributed by atoms with Crippen molar-refractivity contribution >= 4 is 38.9 Å². The molecule has 1 aliphatic carbocycles. The van der Waals surface area contributed by atoms with Crippen molar-refractivity contribution in [1.82, 2.24) is 9.80 Å². The third kappa shape index (κ3) is 5.15. The van der Waals surface area contributed by atoms with Crippen molar-refractivity contribution in [2.45, 2.75) is 43.9 Å². The normalized spacial score (nSPS) is 17.5. The van der Waals surface area contributed by atoms with Crippen LogP contribution in [0.25, 0.3) is 0 Å². The van der Waals surface area contributed by atoms with Crippen LogP contribution in [-0.2, 0) is 14.8 Å². The van der Waals surface area contributed by atoms with Crippen LogP contribution in [0.4, 0.5) is 5.69 Å². The maximum Gasteiger partial charge on any atom is 0.265 e. The second-order valence-corrected chi connectivity index (χ2v) is 11.2. The molecule has 2 amide bonds. The molecule has 1 N–H and O–H groups in total. The van der Waals surface area contributed by atoms with E-state index in [1.54, 1.807) is 22.4 Å². The number of nitrogens with zero attached hydrogens (tertiary/aromatic N) is 2. The van der Waals surface area contributed by atoms with Crippen molar-refractivity contribution in [2.24, 2.45) is 5.92 Å². The maximum atomic E-state index is 13.1. The van der Waals surface area contributed by atoms with Gasteiger partial charge in [0.05, 0.1) is 0 Å². The van der Waals surface area contributed by atoms with Gasteiger partial charge in [0.2, 0.25) is 5.91 Å². The van der Waals surface area contributed by atoms with Crippen LogP contribution in [0, 0.1) is 12.8 Å². The monoisotopic (exact) mass is 475 g/mol. The fourth-order valence-corrected chi connectivity index (χ4v) is 6.84. The van der Waals surface area contributed by atoms with Crippen molar-refractivity contribution in [3.8, 4) is 0 Å². The lowest BCUT2D eigenvalue weighted by molar-refractivity contribution is -0.133. The number of carbonyl (C=O) groups excluding carboxylic acids is 2. The second-order valence-electron chi connectivity index (χ2n) is 8.61. The zero-order valence-electron chi connectivity index (χ0n) is 18.2. The quantitative estimate of drug-likeness (QED) is 0.690. The van der Waals surface area contributed by atoms with Crippen LogP contribution in [0.5, 0.6) is 0 Å². The van der Waals surface area contributed by atoms with E-state index in [0.717, 1.165) is 29.7 Å². The highest BCUT2D eigenvalue weighted by Crippen LogP contribution is 2.29. The van der Waals surface area contributed by atoms with Gasteiger partial charge in [-0.15, -0.1) is 11.3 Å². The molecule has 0 unspecified atom stereocenters. The molecule has 1 aromatic carbocycles. The van der Waals surface area contributed by atoms with Gasteiger partial charge in [-0.25, -0.2) is 8.42 Å². The van der Waals surface area contributed by atoms with E-state index in [4.69, 9.17) is 0 Å². The van der Waals surface area contributed by atoms with Crippen molar-refractivity contribution in [3.63, 3.8) is 0 Å². The maximum absolute atomic E-state index is 13.1. The molecule has 2 fully saturated rings. The van der Waals surface area contributed by atoms with E-state index in [2.05, 4.69) is 4.72 Å². The van der Waals surface area contributed by atoms with Gasteiger partial charge in [-0.05, 0) is 49.3 Å². The highest BCUT2D eigenvalue weighted by atomic mass is 32.2. The Bertz CT molecular complexity index is 1060. The number of anilines is 1. The minimum atomic E-state index is -3.89. The average Bonchev–Trinajstić information content (AvgIpc) is 3.47. The molecule has 2 aliphatic rings. The Morgan fingerprint density at radius 2 is 1.62 bits per heavy atom. The predicted octanol–water partition coefficient (Wildman–Crippen LogP) is 3.72. The van der Waals surface area contributed by atoms with Crippen LogP contribution < -0.4 is 4.72 Å². The Hall–Kier alpha value is -2.39. The summed E-state index contributed by atoms with van der Waals surface area (Å²) in [5.41, 5.74) is 1.48. The van der Waals surface area contributed by atoms with Gasteiger partial charge in [-0.3, -0.25) is 14.3 Å². The number of hydrogen-bond donors (Lipinski definition) is 1. The van der Waals surface area contributed by atoms with Gasteiger partial charge in [0.1, 0.15) is 9.77 Å². The van der Waals surface area contributed by atoms with Gasteiger partial charge in [-0.1, -0.05) is 30.5 Å². The largest absolute Gasteiger partial charge is 0.339 e. The number of hydrogen-bond acceptors (Lipinski definition) is 5. The highest BCUT2D eigenvalue weighted by molar-refractivity contribution is 7.93. The molecule has 172 valence electrons. The number of carbonyl (C=O) groups is 2. The van der Waals surface area contributed by atoms with Gasteiger partial charge in [0.25, 0.3) is 15.9 Å². The average molecular weight is 476 g/mol. The summed E-state index contributed by atoms with van der Waals surface area (Å²) in [5, 5.41) is 1.62. The third-order valence-electron chi connectivity index (χ3n) is 6.27. The van der Waals surface area contributed by atoms with Crippen molar-refractivity contribution < 1.29 is 18.0 Å². The Morgan fingerprint density at radius 3 is 2.28 bits per heavy atom. The minimum absolute atomic E-state index is 0.00665. The summed E-state index contributed by atoms with van der Waals surface area (Å²) in [6.45, 7) is 3.74. The topological polar surface area (TPSA) is 86.8 Å². The van der Waals surface area contributed by atoms with Gasteiger partial charge >= 0.3 is 0 Å². The minimum Gasteiger partial charge on any atom is -0.339 e. The van der Waals surface area contributed by atoms with Crippen LogP contribution in [0.15, 0.2) is 40.6 Å². The van der Waals surface area contributed by atoms with E-state index in [0.29, 0.717) is 44.2 Å². The molecule has 0 bridgehead atoms. The highest BCUT2D eigenvalue weighted by Gasteiger charge is 2.31. The Morgan fingerprint density at radius 1 is 1.00 bits per heavy atom. The van der Waals surface area contributed by atoms with Gasteiger partial charge < -0.3 is 9.80 Å². The second kappa shape index (κ2) is 9.62. The SMILES string of the molecule is Cc1ccc(NS(=O)(=O)c2ccsc2C(=O)N2CCN(C(=O)CC3CCCC3)CC2)cc1. The summed E-state index contributed by atoms with van der Waals surface area (Å²) in [5.74, 6) is 0.375. The van der Waals surface area contributed by atoms with Gasteiger partial charge in [-0.2, -0.15) is 0 Å². The lowest BCUT2D eigenvalue weighted by atomic mass is 10.0. The van der Waals surface area contributed by atoms with E-state index in [-0.39, 0.29) is 21.6 Å². The molecule has 9 heteroatoms. The van der Waals surface area contributed by atoms with Crippen LogP contribution in [0.1, 0.15) is 47.3 Å². The van der Waals surface area contributed by atoms with Crippen LogP contribution in [0.2, 0.25) is 0 Å². The number of piperazine rings is 1. The Kier molecular flexibility index (Phi) is 6.85. The van der Waals surface area contributed by atoms with Crippen molar-refractivity contribution in [1.29, 1.82) is 0 Å². The molecule has 1 saturated heterocycles. The fraction of sp³-hybridized carbons (Fsp3) is 0.478. The number of thiophene rings is 1. The number of benzene rings is 1. The zero-order chi connectivity index (χ0) is 22.7. The molecule has 1 aromatic heterocycles. The van der Waals surface area contributed by atoms with Crippen LogP contribution in [0.3, 0.4) is 0 Å². The van der Waals surface area contributed by atoms with E-state index >= 15 is 0 Å². The summed E-state index contributed by atoms with van der Waals surface area (Å²) >= 11 is 1.13. The van der Waals surface area contributed by atoms with Crippen LogP contribution in [-0.4, -0.2) is 56.2 Å². The van der Waals surface area contributed by atoms with E-state index < -0.39 is 10.0 Å². The molecule has 0 spiro atoms. The molecule has 1 saturated carbocycles. The van der Waals surface area contributed by atoms with Gasteiger partial charge in [0, 0.05) is 38.3 Å². The molecule has 7 nitrogen and oxygen atoms in total. The zero-order valence-corrected chi connectivity index (χ0v) is 19.9. The lowest BCUT2D eigenvalue weighted by Crippen LogP contribution is -2.50. The first-order valence-electron chi connectivity index (χ1n) is 11.1. The molecule has 0 atom stereocenters. The molecular weight excluding hydrogens is 446 g/mol. The first-order valence-corrected chi connectivity index (χ1v) is 13.4. The number of rotatable bonds is 6. The molecule has 4 rings (SSSR count). The molecule has 32 heavy (non-hydrogen) atoms. The summed E-state index contributed by atoms with van der Waals surface area (Å²) in [6, 6.07) is 8.51. The van der Waals surface area contributed by atoms with E-state index in [9.17, 15) is 18.0 Å². The lowest BCUT2D eigenvalue weighted by Gasteiger charge is -2.35. The fourth-order valence-electron chi connectivity index (χ4n) is 4.39. The summed E-state index contributed by atoms with van der Waals surface area (Å²) < 4.78 is 28.4. The first kappa shape index (κ1) is 22.8. The summed E-state index contributed by atoms with van der Waals surface area (Å²) in [4.78, 5) is 29.4. The predicted molar refractivity (Wildman–Crippen MR) is 125 cm³/mol. The van der Waals surface area contributed by atoms with E-state index in [1.807, 2.05) is 24.0 Å². The number of aryl methyl sites for hydroxylation is 1. The molecular formula is C23H29N3O4S2. The molecule has 0 radical (unpaired) electrons. The summed E-state index contributed by atoms with van der Waals surface area (Å²) in [7, 11) is -3.89. The third-order valence-corrected chi connectivity index (χ3v) is 8.73. The number of nitrogens with one attached hydrogen (secondary N) is 1. The smallest absolute Gasteiger partial charge is 0.265 e. The molecule has 1 aliphatic heterocycles. The molecule has 2 heterocycles. The number of amides is 2. The Labute approximate surface area is 193 Å². The summed E-state index contributed by atoms with van der Waals surface area (Å²) in [6.07, 6.45) is 5.30. The Balaban J connectivity index is 1.39. The van der Waals surface area contributed by atoms with E-state index in [1.165, 1.54) is 18.9 Å². The standard InChI is InChI=1S/C23H29N3O4S2/c1-17-6-8-19(9-7-17)24-32(29,30)20-10-15-31-22(20)23(28)26-13-11-25(12-14-26)21(27)16-18-4-2-3-5-18/h6-10,15,18,24H,2-5,11-14,16H2,1H3. The van der Waals surface area contributed by atoms with Crippen molar-refractivity contribution in [2.75, 3.05) is 30.9 Å². The van der Waals surface area contributed by atoms with Crippen molar-refractivity contribution in [3.05, 3.63) is 46.2 Å². The van der Waals surface area contributed by atoms with Gasteiger partial charge in [0.15, 0.2) is 0 Å². The first-order chi connectivity index (χ1) is 15.3. The molecule has 2 aromatic rings. The van der Waals surface area contributed by atoms with Crippen LogP contribution >= 0.6 is 11.3 Å². The number of sulfonamides is 1.